The van der Waals surface area contributed by atoms with E-state index in [-0.39, 0.29) is 0 Å². The molecule has 176 valence electrons. The maximum Gasteiger partial charge on any atom is 0.190 e. The van der Waals surface area contributed by atoms with Gasteiger partial charge in [0.2, 0.25) is 0 Å². The van der Waals surface area contributed by atoms with Crippen LogP contribution in [0.1, 0.15) is 31.7 Å². The Morgan fingerprint density at radius 3 is 2.72 bits per heavy atom. The van der Waals surface area contributed by atoms with Gasteiger partial charge in [0.05, 0.1) is 13.7 Å². The zero-order valence-electron chi connectivity index (χ0n) is 19.5. The van der Waals surface area contributed by atoms with Gasteiger partial charge in [-0.15, -0.1) is 0 Å². The van der Waals surface area contributed by atoms with Crippen LogP contribution < -0.4 is 25.8 Å². The van der Waals surface area contributed by atoms with E-state index >= 15 is 0 Å². The molecule has 2 saturated heterocycles. The summed E-state index contributed by atoms with van der Waals surface area (Å²) < 4.78 is 17.2. The Morgan fingerprint density at radius 2 is 2.00 bits per heavy atom. The Labute approximate surface area is 191 Å². The van der Waals surface area contributed by atoms with Crippen LogP contribution in [0.25, 0.3) is 0 Å². The van der Waals surface area contributed by atoms with E-state index in [0.717, 1.165) is 69.2 Å². The lowest BCUT2D eigenvalue weighted by atomic mass is 10.0. The predicted octanol–water partition coefficient (Wildman–Crippen LogP) is 2.02. The number of aliphatic imine (C=N–C) groups is 1. The van der Waals surface area contributed by atoms with Crippen molar-refractivity contribution in [3.05, 3.63) is 35.5 Å². The van der Waals surface area contributed by atoms with Gasteiger partial charge in [-0.2, -0.15) is 0 Å². The number of nitrogens with two attached hydrogens (primary N) is 1. The highest BCUT2D eigenvalue weighted by atomic mass is 16.5. The first-order valence-electron chi connectivity index (χ1n) is 11.6. The van der Waals surface area contributed by atoms with Crippen molar-refractivity contribution in [2.45, 2.75) is 32.0 Å². The summed E-state index contributed by atoms with van der Waals surface area (Å²) in [7, 11) is 3.81. The SMILES string of the molecule is COc1ccc(C2(N)NC(C)=CC(=NCC3CCOCC3)N2)cc1OCC1CCN(C)C1. The van der Waals surface area contributed by atoms with E-state index in [0.29, 0.717) is 29.9 Å². The van der Waals surface area contributed by atoms with Crippen LogP contribution in [0.5, 0.6) is 11.5 Å². The highest BCUT2D eigenvalue weighted by Crippen LogP contribution is 2.32. The molecule has 4 N–H and O–H groups in total. The zero-order chi connectivity index (χ0) is 22.6. The summed E-state index contributed by atoms with van der Waals surface area (Å²) in [6.07, 6.45) is 5.27. The van der Waals surface area contributed by atoms with Crippen molar-refractivity contribution in [1.82, 2.24) is 15.5 Å². The van der Waals surface area contributed by atoms with Gasteiger partial charge in [0.15, 0.2) is 17.3 Å². The summed E-state index contributed by atoms with van der Waals surface area (Å²) >= 11 is 0. The van der Waals surface area contributed by atoms with Crippen LogP contribution >= 0.6 is 0 Å². The van der Waals surface area contributed by atoms with E-state index in [9.17, 15) is 0 Å². The summed E-state index contributed by atoms with van der Waals surface area (Å²) in [4.78, 5) is 7.16. The normalized spacial score (nSPS) is 28.2. The third-order valence-electron chi connectivity index (χ3n) is 6.52. The molecule has 1 aromatic rings. The lowest BCUT2D eigenvalue weighted by Crippen LogP contribution is -2.64. The third kappa shape index (κ3) is 5.54. The molecule has 8 heteroatoms. The van der Waals surface area contributed by atoms with Gasteiger partial charge in [-0.05, 0) is 70.0 Å². The minimum Gasteiger partial charge on any atom is -0.493 e. The van der Waals surface area contributed by atoms with E-state index < -0.39 is 5.79 Å². The van der Waals surface area contributed by atoms with E-state index in [1.807, 2.05) is 31.2 Å². The lowest BCUT2D eigenvalue weighted by Gasteiger charge is -2.37. The molecule has 32 heavy (non-hydrogen) atoms. The average Bonchev–Trinajstić information content (AvgIpc) is 3.21. The van der Waals surface area contributed by atoms with Gasteiger partial charge in [-0.3, -0.25) is 10.7 Å². The second-order valence-electron chi connectivity index (χ2n) is 9.26. The van der Waals surface area contributed by atoms with Gasteiger partial charge in [-0.1, -0.05) is 0 Å². The molecule has 0 spiro atoms. The van der Waals surface area contributed by atoms with E-state index in [1.165, 1.54) is 0 Å². The zero-order valence-corrected chi connectivity index (χ0v) is 19.5. The Morgan fingerprint density at radius 1 is 1.19 bits per heavy atom. The maximum atomic E-state index is 6.80. The standard InChI is InChI=1S/C24H37N5O3/c1-17-12-23(26-14-18-7-10-31-11-8-18)28-24(25,27-17)20-4-5-21(30-3)22(13-20)32-16-19-6-9-29(2)15-19/h4-5,12-13,18-19,27H,6-11,14-16,25H2,1-3H3,(H,26,28). The fraction of sp³-hybridized carbons (Fsp3) is 0.625. The number of hydrogen-bond donors (Lipinski definition) is 3. The molecule has 0 radical (unpaired) electrons. The molecule has 2 atom stereocenters. The summed E-state index contributed by atoms with van der Waals surface area (Å²) in [5, 5.41) is 6.76. The lowest BCUT2D eigenvalue weighted by molar-refractivity contribution is 0.0689. The van der Waals surface area contributed by atoms with Crippen LogP contribution in [-0.4, -0.2) is 64.3 Å². The smallest absolute Gasteiger partial charge is 0.190 e. The van der Waals surface area contributed by atoms with Gasteiger partial charge in [0.25, 0.3) is 0 Å². The van der Waals surface area contributed by atoms with E-state index in [2.05, 4.69) is 22.6 Å². The van der Waals surface area contributed by atoms with Crippen LogP contribution in [0.3, 0.4) is 0 Å². The third-order valence-corrected chi connectivity index (χ3v) is 6.52. The average molecular weight is 444 g/mol. The molecule has 0 amide bonds. The fourth-order valence-corrected chi connectivity index (χ4v) is 4.61. The molecule has 0 saturated carbocycles. The second kappa shape index (κ2) is 10.1. The molecule has 3 heterocycles. The first-order chi connectivity index (χ1) is 15.4. The summed E-state index contributed by atoms with van der Waals surface area (Å²) in [6, 6.07) is 5.84. The van der Waals surface area contributed by atoms with Crippen molar-refractivity contribution in [3.63, 3.8) is 0 Å². The highest BCUT2D eigenvalue weighted by molar-refractivity contribution is 5.95. The summed E-state index contributed by atoms with van der Waals surface area (Å²) in [5.74, 6) is 2.32. The minimum absolute atomic E-state index is 0.528. The first kappa shape index (κ1) is 22.9. The Kier molecular flexibility index (Phi) is 7.23. The molecule has 2 fully saturated rings. The van der Waals surface area contributed by atoms with Gasteiger partial charge in [-0.25, -0.2) is 0 Å². The molecular weight excluding hydrogens is 406 g/mol. The van der Waals surface area contributed by atoms with Gasteiger partial charge < -0.3 is 29.7 Å². The quantitative estimate of drug-likeness (QED) is 0.594. The van der Waals surface area contributed by atoms with E-state index in [4.69, 9.17) is 24.9 Å². The molecule has 2 unspecified atom stereocenters. The molecule has 8 nitrogen and oxygen atoms in total. The Hall–Kier alpha value is -2.29. The number of ether oxygens (including phenoxy) is 3. The van der Waals surface area contributed by atoms with Gasteiger partial charge in [0, 0.05) is 43.5 Å². The highest BCUT2D eigenvalue weighted by Gasteiger charge is 2.32. The first-order valence-corrected chi connectivity index (χ1v) is 11.6. The van der Waals surface area contributed by atoms with Crippen LogP contribution in [0.2, 0.25) is 0 Å². The number of methoxy groups -OCH3 is 1. The number of likely N-dealkylation sites (tertiary alicyclic amines) is 1. The molecular formula is C24H37N5O3. The fourth-order valence-electron chi connectivity index (χ4n) is 4.61. The van der Waals surface area contributed by atoms with Gasteiger partial charge in [0.1, 0.15) is 5.84 Å². The molecule has 3 aliphatic rings. The molecule has 4 rings (SSSR count). The van der Waals surface area contributed by atoms with Crippen molar-refractivity contribution in [2.75, 3.05) is 53.6 Å². The number of rotatable bonds is 7. The van der Waals surface area contributed by atoms with Crippen molar-refractivity contribution >= 4 is 5.84 Å². The number of nitrogens with zero attached hydrogens (tertiary/aromatic N) is 2. The van der Waals surface area contributed by atoms with Crippen LogP contribution in [0, 0.1) is 11.8 Å². The molecule has 0 aliphatic carbocycles. The maximum absolute atomic E-state index is 6.80. The van der Waals surface area contributed by atoms with Crippen LogP contribution in [0.4, 0.5) is 0 Å². The Balaban J connectivity index is 1.48. The van der Waals surface area contributed by atoms with Crippen LogP contribution in [0.15, 0.2) is 35.0 Å². The number of allylic oxidation sites excluding steroid dienone is 1. The predicted molar refractivity (Wildman–Crippen MR) is 126 cm³/mol. The van der Waals surface area contributed by atoms with Crippen molar-refractivity contribution in [2.24, 2.45) is 22.6 Å². The van der Waals surface area contributed by atoms with Crippen molar-refractivity contribution in [1.29, 1.82) is 0 Å². The Bertz CT molecular complexity index is 852. The largest absolute Gasteiger partial charge is 0.493 e. The molecule has 3 aliphatic heterocycles. The minimum atomic E-state index is -0.981. The monoisotopic (exact) mass is 443 g/mol. The van der Waals surface area contributed by atoms with E-state index in [1.54, 1.807) is 7.11 Å². The molecule has 0 bridgehead atoms. The number of hydrogen-bond acceptors (Lipinski definition) is 7. The number of nitrogens with one attached hydrogen (secondary N) is 2. The molecule has 1 aromatic carbocycles. The topological polar surface area (TPSA) is 93.4 Å². The number of benzene rings is 1. The second-order valence-corrected chi connectivity index (χ2v) is 9.26. The van der Waals surface area contributed by atoms with Crippen molar-refractivity contribution in [3.8, 4) is 11.5 Å². The van der Waals surface area contributed by atoms with Gasteiger partial charge >= 0.3 is 0 Å². The van der Waals surface area contributed by atoms with Crippen LogP contribution in [-0.2, 0) is 10.5 Å². The number of amidine groups is 1. The summed E-state index contributed by atoms with van der Waals surface area (Å²) in [5.41, 5.74) is 8.63. The molecule has 0 aromatic heterocycles. The van der Waals surface area contributed by atoms with Crippen molar-refractivity contribution < 1.29 is 14.2 Å². The summed E-state index contributed by atoms with van der Waals surface area (Å²) in [6.45, 7) is 7.27.